The summed E-state index contributed by atoms with van der Waals surface area (Å²) in [5, 5.41) is 10.8. The first kappa shape index (κ1) is 22.4. The Morgan fingerprint density at radius 2 is 1.84 bits per heavy atom. The molecule has 0 aliphatic carbocycles. The third-order valence-electron chi connectivity index (χ3n) is 4.59. The van der Waals surface area contributed by atoms with Crippen molar-refractivity contribution >= 4 is 34.8 Å². The molecule has 31 heavy (non-hydrogen) atoms. The number of rotatable bonds is 5. The zero-order valence-electron chi connectivity index (χ0n) is 17.8. The molecule has 0 radical (unpaired) electrons. The standard InChI is InChI=1S/C24H23NO5S/c1-5-30-24(28)20-21(26)19(13-16-8-11-18(29-4)15(3)12-16)31-23(20)25-22(27)17-9-6-14(2)7-10-17/h6-13,26H,5H2,1-4H3/b19-13-,25-23?. The maximum Gasteiger partial charge on any atom is 0.344 e. The van der Waals surface area contributed by atoms with Crippen LogP contribution in [0.2, 0.25) is 0 Å². The van der Waals surface area contributed by atoms with E-state index in [4.69, 9.17) is 9.47 Å². The molecule has 1 aliphatic rings. The molecule has 0 saturated carbocycles. The number of benzene rings is 2. The van der Waals surface area contributed by atoms with Crippen molar-refractivity contribution in [1.29, 1.82) is 0 Å². The van der Waals surface area contributed by atoms with E-state index < -0.39 is 11.9 Å². The van der Waals surface area contributed by atoms with Crippen molar-refractivity contribution in [1.82, 2.24) is 0 Å². The van der Waals surface area contributed by atoms with Crippen LogP contribution in [-0.4, -0.2) is 35.7 Å². The van der Waals surface area contributed by atoms with Gasteiger partial charge in [0.05, 0.1) is 18.6 Å². The first-order chi connectivity index (χ1) is 14.8. The van der Waals surface area contributed by atoms with Crippen molar-refractivity contribution < 1.29 is 24.2 Å². The lowest BCUT2D eigenvalue weighted by Crippen LogP contribution is -2.14. The summed E-state index contributed by atoms with van der Waals surface area (Å²) < 4.78 is 10.3. The predicted molar refractivity (Wildman–Crippen MR) is 123 cm³/mol. The molecule has 0 aromatic heterocycles. The average molecular weight is 438 g/mol. The molecule has 160 valence electrons. The van der Waals surface area contributed by atoms with Gasteiger partial charge < -0.3 is 14.6 Å². The van der Waals surface area contributed by atoms with Gasteiger partial charge in [-0.2, -0.15) is 0 Å². The fourth-order valence-electron chi connectivity index (χ4n) is 2.99. The fraction of sp³-hybridized carbons (Fsp3) is 0.208. The first-order valence-electron chi connectivity index (χ1n) is 9.69. The molecule has 0 atom stereocenters. The monoisotopic (exact) mass is 437 g/mol. The third-order valence-corrected chi connectivity index (χ3v) is 5.61. The fourth-order valence-corrected chi connectivity index (χ4v) is 4.00. The molecule has 0 spiro atoms. The van der Waals surface area contributed by atoms with Crippen LogP contribution in [-0.2, 0) is 9.53 Å². The molecule has 0 fully saturated rings. The zero-order valence-corrected chi connectivity index (χ0v) is 18.6. The lowest BCUT2D eigenvalue weighted by Gasteiger charge is -2.05. The van der Waals surface area contributed by atoms with Crippen LogP contribution in [0.15, 0.2) is 63.7 Å². The number of thioether (sulfide) groups is 1. The van der Waals surface area contributed by atoms with Gasteiger partial charge in [0.25, 0.3) is 5.91 Å². The van der Waals surface area contributed by atoms with E-state index >= 15 is 0 Å². The van der Waals surface area contributed by atoms with Gasteiger partial charge in [0.1, 0.15) is 22.1 Å². The van der Waals surface area contributed by atoms with Crippen LogP contribution in [0.3, 0.4) is 0 Å². The minimum atomic E-state index is -0.725. The topological polar surface area (TPSA) is 85.2 Å². The molecule has 3 rings (SSSR count). The highest BCUT2D eigenvalue weighted by atomic mass is 32.2. The molecule has 1 heterocycles. The predicted octanol–water partition coefficient (Wildman–Crippen LogP) is 5.01. The summed E-state index contributed by atoms with van der Waals surface area (Å²) in [6, 6.07) is 12.5. The Bertz CT molecular complexity index is 1110. The summed E-state index contributed by atoms with van der Waals surface area (Å²) in [6.07, 6.45) is 1.73. The molecule has 2 aromatic carbocycles. The van der Waals surface area contributed by atoms with Gasteiger partial charge in [0.2, 0.25) is 0 Å². The number of methoxy groups -OCH3 is 1. The Morgan fingerprint density at radius 3 is 2.45 bits per heavy atom. The Balaban J connectivity index is 2.00. The second-order valence-electron chi connectivity index (χ2n) is 6.87. The Morgan fingerprint density at radius 1 is 1.13 bits per heavy atom. The highest BCUT2D eigenvalue weighted by molar-refractivity contribution is 8.18. The van der Waals surface area contributed by atoms with Crippen molar-refractivity contribution in [2.75, 3.05) is 13.7 Å². The second-order valence-corrected chi connectivity index (χ2v) is 7.90. The first-order valence-corrected chi connectivity index (χ1v) is 10.5. The smallest absolute Gasteiger partial charge is 0.344 e. The number of amides is 1. The minimum absolute atomic E-state index is 0.108. The third kappa shape index (κ3) is 5.06. The van der Waals surface area contributed by atoms with E-state index in [1.807, 2.05) is 44.2 Å². The van der Waals surface area contributed by atoms with Gasteiger partial charge in [-0.05, 0) is 62.2 Å². The zero-order chi connectivity index (χ0) is 22.5. The van der Waals surface area contributed by atoms with Gasteiger partial charge >= 0.3 is 5.97 Å². The van der Waals surface area contributed by atoms with Gasteiger partial charge in [0.15, 0.2) is 0 Å². The van der Waals surface area contributed by atoms with Crippen molar-refractivity contribution in [3.63, 3.8) is 0 Å². The molecule has 0 unspecified atom stereocenters. The van der Waals surface area contributed by atoms with Crippen LogP contribution in [0, 0.1) is 13.8 Å². The van der Waals surface area contributed by atoms with E-state index in [1.165, 1.54) is 0 Å². The SMILES string of the molecule is CCOC(=O)C1=C(O)/C(=C/c2ccc(OC)c(C)c2)SC1=NC(=O)c1ccc(C)cc1. The highest BCUT2D eigenvalue weighted by Crippen LogP contribution is 2.39. The summed E-state index contributed by atoms with van der Waals surface area (Å²) in [7, 11) is 1.60. The van der Waals surface area contributed by atoms with Crippen molar-refractivity contribution in [2.45, 2.75) is 20.8 Å². The van der Waals surface area contributed by atoms with Crippen molar-refractivity contribution in [3.8, 4) is 5.75 Å². The lowest BCUT2D eigenvalue weighted by molar-refractivity contribution is -0.138. The van der Waals surface area contributed by atoms with Gasteiger partial charge in [-0.25, -0.2) is 9.79 Å². The summed E-state index contributed by atoms with van der Waals surface area (Å²) in [4.78, 5) is 29.6. The normalized spacial score (nSPS) is 16.1. The maximum absolute atomic E-state index is 12.6. The van der Waals surface area contributed by atoms with Crippen LogP contribution in [0.4, 0.5) is 0 Å². The molecule has 6 nitrogen and oxygen atoms in total. The molecular weight excluding hydrogens is 414 g/mol. The lowest BCUT2D eigenvalue weighted by atomic mass is 10.1. The van der Waals surface area contributed by atoms with E-state index in [1.54, 1.807) is 32.2 Å². The number of hydrogen-bond acceptors (Lipinski definition) is 6. The number of aliphatic hydroxyl groups excluding tert-OH is 1. The number of hydrogen-bond donors (Lipinski definition) is 1. The quantitative estimate of drug-likeness (QED) is 0.662. The number of nitrogens with zero attached hydrogens (tertiary/aromatic N) is 1. The van der Waals surface area contributed by atoms with E-state index in [0.29, 0.717) is 10.5 Å². The van der Waals surface area contributed by atoms with E-state index in [2.05, 4.69) is 4.99 Å². The Kier molecular flexibility index (Phi) is 6.97. The summed E-state index contributed by atoms with van der Waals surface area (Å²) >= 11 is 1.05. The number of ether oxygens (including phenoxy) is 2. The van der Waals surface area contributed by atoms with Crippen molar-refractivity contribution in [2.24, 2.45) is 4.99 Å². The number of aliphatic imine (C=N–C) groups is 1. The number of aryl methyl sites for hydroxylation is 2. The van der Waals surface area contributed by atoms with Crippen LogP contribution >= 0.6 is 11.8 Å². The molecule has 0 saturated heterocycles. The Labute approximate surface area is 185 Å². The van der Waals surface area contributed by atoms with Crippen LogP contribution in [0.25, 0.3) is 6.08 Å². The van der Waals surface area contributed by atoms with Crippen LogP contribution < -0.4 is 4.74 Å². The van der Waals surface area contributed by atoms with E-state index in [0.717, 1.165) is 34.2 Å². The summed E-state index contributed by atoms with van der Waals surface area (Å²) in [6.45, 7) is 5.64. The van der Waals surface area contributed by atoms with E-state index in [9.17, 15) is 14.7 Å². The number of aliphatic hydroxyl groups is 1. The largest absolute Gasteiger partial charge is 0.506 e. The van der Waals surface area contributed by atoms with Crippen molar-refractivity contribution in [3.05, 3.63) is 81.0 Å². The maximum atomic E-state index is 12.6. The molecule has 1 N–H and O–H groups in total. The van der Waals surface area contributed by atoms with E-state index in [-0.39, 0.29) is 23.0 Å². The Hall–Kier alpha value is -3.32. The second kappa shape index (κ2) is 9.66. The molecular formula is C24H23NO5S. The number of esters is 1. The van der Waals surface area contributed by atoms with Gasteiger partial charge in [-0.3, -0.25) is 4.79 Å². The van der Waals surface area contributed by atoms with Gasteiger partial charge in [0, 0.05) is 5.56 Å². The highest BCUT2D eigenvalue weighted by Gasteiger charge is 2.34. The summed E-state index contributed by atoms with van der Waals surface area (Å²) in [5.74, 6) is -0.734. The van der Waals surface area contributed by atoms with Crippen LogP contribution in [0.1, 0.15) is 34.0 Å². The molecule has 7 heteroatoms. The number of carbonyl (C=O) groups excluding carboxylic acids is 2. The van der Waals surface area contributed by atoms with Gasteiger partial charge in [-0.1, -0.05) is 35.5 Å². The minimum Gasteiger partial charge on any atom is -0.506 e. The average Bonchev–Trinajstić information content (AvgIpc) is 3.03. The van der Waals surface area contributed by atoms with Gasteiger partial charge in [-0.15, -0.1) is 0 Å². The molecule has 1 amide bonds. The molecule has 1 aliphatic heterocycles. The van der Waals surface area contributed by atoms with Crippen LogP contribution in [0.5, 0.6) is 5.75 Å². The number of carbonyl (C=O) groups is 2. The molecule has 2 aromatic rings. The summed E-state index contributed by atoms with van der Waals surface area (Å²) in [5.41, 5.74) is 3.04. The molecule has 0 bridgehead atoms.